The van der Waals surface area contributed by atoms with Crippen LogP contribution < -0.4 is 0 Å². The van der Waals surface area contributed by atoms with Gasteiger partial charge in [-0.25, -0.2) is 0 Å². The summed E-state index contributed by atoms with van der Waals surface area (Å²) in [5.41, 5.74) is 9.69. The molecule has 0 aliphatic rings. The van der Waals surface area contributed by atoms with E-state index < -0.39 is 0 Å². The smallest absolute Gasteiger partial charge is 0.0154 e. The summed E-state index contributed by atoms with van der Waals surface area (Å²) in [6.07, 6.45) is 25.5. The highest BCUT2D eigenvalue weighted by Gasteiger charge is 1.91. The van der Waals surface area contributed by atoms with E-state index in [0.717, 1.165) is 11.5 Å². The van der Waals surface area contributed by atoms with Gasteiger partial charge in [0.1, 0.15) is 0 Å². The Bertz CT molecular complexity index is 1190. The number of hydrogen-bond acceptors (Lipinski definition) is 2. The normalized spacial score (nSPS) is 14.3. The third-order valence-corrected chi connectivity index (χ3v) is 6.18. The Balaban J connectivity index is 1.86. The molecule has 0 atom stereocenters. The summed E-state index contributed by atoms with van der Waals surface area (Å²) in [6.45, 7) is 8.45. The Morgan fingerprint density at radius 1 is 0.500 bits per heavy atom. The highest BCUT2D eigenvalue weighted by molar-refractivity contribution is 7.79. The fourth-order valence-corrected chi connectivity index (χ4v) is 3.53. The van der Waals surface area contributed by atoms with Crippen molar-refractivity contribution in [2.24, 2.45) is 0 Å². The van der Waals surface area contributed by atoms with Crippen LogP contribution in [0.4, 0.5) is 0 Å². The number of hydrogen-bond donors (Lipinski definition) is 2. The van der Waals surface area contributed by atoms with E-state index in [1.165, 1.54) is 44.5 Å². The fraction of sp³-hybridized carbons (Fsp3) is 0.176. The van der Waals surface area contributed by atoms with Crippen LogP contribution in [0.5, 0.6) is 0 Å². The Morgan fingerprint density at radius 2 is 0.833 bits per heavy atom. The molecule has 0 amide bonds. The van der Waals surface area contributed by atoms with E-state index in [-0.39, 0.29) is 0 Å². The van der Waals surface area contributed by atoms with Crippen LogP contribution >= 0.6 is 25.3 Å². The summed E-state index contributed by atoms with van der Waals surface area (Å²) in [4.78, 5) is 0. The van der Waals surface area contributed by atoms with Crippen molar-refractivity contribution in [1.82, 2.24) is 0 Å². The van der Waals surface area contributed by atoms with Crippen LogP contribution in [-0.2, 0) is 11.5 Å². The number of thiol groups is 2. The lowest BCUT2D eigenvalue weighted by atomic mass is 10.1. The van der Waals surface area contributed by atoms with Gasteiger partial charge in [-0.1, -0.05) is 144 Å². The predicted molar refractivity (Wildman–Crippen MR) is 170 cm³/mol. The van der Waals surface area contributed by atoms with Gasteiger partial charge in [-0.2, -0.15) is 25.3 Å². The van der Waals surface area contributed by atoms with Gasteiger partial charge in [-0.15, -0.1) is 0 Å². The molecule has 0 heterocycles. The molecule has 2 aromatic carbocycles. The van der Waals surface area contributed by atoms with Crippen LogP contribution in [-0.4, -0.2) is 0 Å². The van der Waals surface area contributed by atoms with Crippen LogP contribution in [0.1, 0.15) is 49.9 Å². The summed E-state index contributed by atoms with van der Waals surface area (Å²) in [7, 11) is 0. The molecule has 0 unspecified atom stereocenters. The molecular weight excluding hydrogens is 473 g/mol. The molecule has 186 valence electrons. The molecule has 0 fully saturated rings. The van der Waals surface area contributed by atoms with Crippen molar-refractivity contribution in [1.29, 1.82) is 0 Å². The molecule has 0 N–H and O–H groups in total. The van der Waals surface area contributed by atoms with Gasteiger partial charge >= 0.3 is 0 Å². The highest BCUT2D eigenvalue weighted by Crippen LogP contribution is 2.11. The van der Waals surface area contributed by atoms with Crippen LogP contribution in [0.3, 0.4) is 0 Å². The molecule has 0 aromatic heterocycles. The molecule has 0 nitrogen and oxygen atoms in total. The summed E-state index contributed by atoms with van der Waals surface area (Å²) in [5.74, 6) is 1.54. The topological polar surface area (TPSA) is 0 Å². The standard InChI is InChI=1S/C34H38S2/c1-27(8-6-10-29(3)13-15-31-17-21-33(25-35)22-18-31)7-5-9-28(2)11-12-30(4)14-16-32-19-23-34(26-36)24-20-32/h5-24,35-36H,25-26H2,1-4H3/b8-6+,9-5+,15-13+,16-14+,27-7+,28-11+,29-10+,30-12+. The van der Waals surface area contributed by atoms with Gasteiger partial charge in [-0.3, -0.25) is 0 Å². The second-order valence-corrected chi connectivity index (χ2v) is 9.46. The van der Waals surface area contributed by atoms with E-state index in [9.17, 15) is 0 Å². The second kappa shape index (κ2) is 16.7. The lowest BCUT2D eigenvalue weighted by Crippen LogP contribution is -1.78. The average Bonchev–Trinajstić information content (AvgIpc) is 2.90. The Labute approximate surface area is 229 Å². The monoisotopic (exact) mass is 510 g/mol. The molecule has 2 rings (SSSR count). The molecule has 0 spiro atoms. The third kappa shape index (κ3) is 12.2. The minimum absolute atomic E-state index is 0.771. The van der Waals surface area contributed by atoms with Gasteiger partial charge in [-0.05, 0) is 49.9 Å². The van der Waals surface area contributed by atoms with E-state index in [4.69, 9.17) is 0 Å². The van der Waals surface area contributed by atoms with Crippen LogP contribution in [0.2, 0.25) is 0 Å². The van der Waals surface area contributed by atoms with Gasteiger partial charge in [0.25, 0.3) is 0 Å². The molecule has 36 heavy (non-hydrogen) atoms. The lowest BCUT2D eigenvalue weighted by Gasteiger charge is -1.97. The molecule has 0 radical (unpaired) electrons. The van der Waals surface area contributed by atoms with Crippen molar-refractivity contribution < 1.29 is 0 Å². The third-order valence-electron chi connectivity index (χ3n) is 5.45. The summed E-state index contributed by atoms with van der Waals surface area (Å²) < 4.78 is 0. The second-order valence-electron chi connectivity index (χ2n) is 8.83. The molecule has 0 aliphatic heterocycles. The van der Waals surface area contributed by atoms with Crippen molar-refractivity contribution in [2.45, 2.75) is 39.2 Å². The van der Waals surface area contributed by atoms with E-state index in [1.54, 1.807) is 0 Å². The van der Waals surface area contributed by atoms with Crippen molar-refractivity contribution in [3.05, 3.63) is 154 Å². The molecule has 0 aliphatic carbocycles. The van der Waals surface area contributed by atoms with E-state index >= 15 is 0 Å². The SMILES string of the molecule is CC(/C=C/C=C(C)/C=C/c1ccc(CS)cc1)=C\C=C\C(C)=C\C=C(C)\C=C\c1ccc(CS)cc1. The fourth-order valence-electron chi connectivity index (χ4n) is 3.11. The number of benzene rings is 2. The van der Waals surface area contributed by atoms with Crippen molar-refractivity contribution in [3.8, 4) is 0 Å². The zero-order chi connectivity index (χ0) is 26.2. The van der Waals surface area contributed by atoms with Gasteiger partial charge in [0.05, 0.1) is 0 Å². The van der Waals surface area contributed by atoms with E-state index in [0.29, 0.717) is 0 Å². The van der Waals surface area contributed by atoms with Gasteiger partial charge < -0.3 is 0 Å². The summed E-state index contributed by atoms with van der Waals surface area (Å²) >= 11 is 8.61. The largest absolute Gasteiger partial charge is 0.175 e. The number of rotatable bonds is 11. The Hall–Kier alpha value is -2.94. The van der Waals surface area contributed by atoms with Crippen molar-refractivity contribution in [3.63, 3.8) is 0 Å². The minimum atomic E-state index is 0.771. The van der Waals surface area contributed by atoms with E-state index in [1.807, 2.05) is 0 Å². The molecule has 0 bridgehead atoms. The summed E-state index contributed by atoms with van der Waals surface area (Å²) in [6, 6.07) is 17.0. The first-order chi connectivity index (χ1) is 17.4. The quantitative estimate of drug-likeness (QED) is 0.218. The maximum absolute atomic E-state index is 4.30. The maximum atomic E-state index is 4.30. The molecule has 2 aromatic rings. The lowest BCUT2D eigenvalue weighted by molar-refractivity contribution is 1.42. The van der Waals surface area contributed by atoms with Crippen molar-refractivity contribution >= 4 is 37.4 Å². The van der Waals surface area contributed by atoms with Crippen LogP contribution in [0.25, 0.3) is 12.2 Å². The Kier molecular flexibility index (Phi) is 13.6. The van der Waals surface area contributed by atoms with Gasteiger partial charge in [0, 0.05) is 11.5 Å². The first-order valence-corrected chi connectivity index (χ1v) is 13.5. The maximum Gasteiger partial charge on any atom is 0.0154 e. The van der Waals surface area contributed by atoms with Gasteiger partial charge in [0.2, 0.25) is 0 Å². The highest BCUT2D eigenvalue weighted by atomic mass is 32.1. The Morgan fingerprint density at radius 3 is 1.22 bits per heavy atom. The molecule has 0 saturated heterocycles. The number of allylic oxidation sites excluding steroid dienone is 14. The first kappa shape index (κ1) is 29.3. The van der Waals surface area contributed by atoms with Crippen molar-refractivity contribution in [2.75, 3.05) is 0 Å². The zero-order valence-corrected chi connectivity index (χ0v) is 23.6. The zero-order valence-electron chi connectivity index (χ0n) is 21.9. The first-order valence-electron chi connectivity index (χ1n) is 12.2. The van der Waals surface area contributed by atoms with Crippen LogP contribution in [0.15, 0.2) is 132 Å². The molecular formula is C34H38S2. The minimum Gasteiger partial charge on any atom is -0.175 e. The van der Waals surface area contributed by atoms with Gasteiger partial charge in [0.15, 0.2) is 0 Å². The van der Waals surface area contributed by atoms with E-state index in [2.05, 4.69) is 174 Å². The van der Waals surface area contributed by atoms with Crippen LogP contribution in [0, 0.1) is 0 Å². The average molecular weight is 511 g/mol. The molecule has 2 heteroatoms. The molecule has 0 saturated carbocycles. The predicted octanol–water partition coefficient (Wildman–Crippen LogP) is 10.2. The summed E-state index contributed by atoms with van der Waals surface area (Å²) in [5, 5.41) is 0.